The third-order valence-electron chi connectivity index (χ3n) is 3.72. The fourth-order valence-corrected chi connectivity index (χ4v) is 3.26. The van der Waals surface area contributed by atoms with E-state index in [0.29, 0.717) is 16.4 Å². The van der Waals surface area contributed by atoms with Gasteiger partial charge in [0.25, 0.3) is 5.91 Å². The molecule has 1 amide bonds. The second-order valence-corrected chi connectivity index (χ2v) is 6.10. The van der Waals surface area contributed by atoms with Crippen LogP contribution in [-0.4, -0.2) is 23.1 Å². The highest BCUT2D eigenvalue weighted by molar-refractivity contribution is 7.15. The minimum atomic E-state index is -0.745. The molecule has 6 heteroatoms. The van der Waals surface area contributed by atoms with Crippen molar-refractivity contribution in [1.82, 2.24) is 4.98 Å². The van der Waals surface area contributed by atoms with Gasteiger partial charge in [-0.15, -0.1) is 0 Å². The molecule has 1 aliphatic carbocycles. The van der Waals surface area contributed by atoms with Gasteiger partial charge in [0.05, 0.1) is 17.6 Å². The van der Waals surface area contributed by atoms with E-state index >= 15 is 0 Å². The fraction of sp³-hybridized carbons (Fsp3) is 0.333. The van der Waals surface area contributed by atoms with E-state index in [9.17, 15) is 9.90 Å². The number of hydrogen-bond donors (Lipinski definition) is 2. The van der Waals surface area contributed by atoms with E-state index < -0.39 is 5.60 Å². The number of carbonyl (C=O) groups excluding carboxylic acids is 1. The third-order valence-corrected chi connectivity index (χ3v) is 4.82. The summed E-state index contributed by atoms with van der Waals surface area (Å²) < 4.78 is 5.17. The second-order valence-electron chi connectivity index (χ2n) is 5.07. The maximum atomic E-state index is 12.2. The number of carbonyl (C=O) groups is 1. The Bertz CT molecular complexity index is 664. The maximum Gasteiger partial charge on any atom is 0.261 e. The predicted octanol–water partition coefficient (Wildman–Crippen LogP) is 2.78. The number of amides is 1. The first kappa shape index (κ1) is 14.0. The van der Waals surface area contributed by atoms with Gasteiger partial charge in [0.15, 0.2) is 5.13 Å². The lowest BCUT2D eigenvalue weighted by Gasteiger charge is -2.35. The minimum absolute atomic E-state index is 0.269. The number of para-hydroxylation sites is 1. The molecule has 2 aromatic rings. The molecule has 1 aromatic heterocycles. The molecule has 21 heavy (non-hydrogen) atoms. The zero-order valence-corrected chi connectivity index (χ0v) is 12.4. The van der Waals surface area contributed by atoms with Crippen molar-refractivity contribution in [2.75, 3.05) is 12.4 Å². The lowest BCUT2D eigenvalue weighted by molar-refractivity contribution is -0.0356. The van der Waals surface area contributed by atoms with E-state index in [1.54, 1.807) is 24.4 Å². The van der Waals surface area contributed by atoms with E-state index in [1.165, 1.54) is 18.4 Å². The molecule has 1 heterocycles. The number of aliphatic hydroxyl groups is 1. The number of hydrogen-bond acceptors (Lipinski definition) is 5. The van der Waals surface area contributed by atoms with Gasteiger partial charge in [0.2, 0.25) is 0 Å². The van der Waals surface area contributed by atoms with Gasteiger partial charge in [-0.25, -0.2) is 4.98 Å². The van der Waals surface area contributed by atoms with E-state index in [1.807, 2.05) is 6.07 Å². The van der Waals surface area contributed by atoms with Crippen LogP contribution in [0.15, 0.2) is 30.5 Å². The van der Waals surface area contributed by atoms with Crippen LogP contribution in [-0.2, 0) is 5.60 Å². The molecular formula is C15H16N2O3S. The number of ether oxygens (including phenoxy) is 1. The van der Waals surface area contributed by atoms with E-state index in [4.69, 9.17) is 4.74 Å². The van der Waals surface area contributed by atoms with Crippen molar-refractivity contribution in [3.63, 3.8) is 0 Å². The van der Waals surface area contributed by atoms with Crippen LogP contribution >= 0.6 is 11.3 Å². The average molecular weight is 304 g/mol. The predicted molar refractivity (Wildman–Crippen MR) is 80.8 cm³/mol. The van der Waals surface area contributed by atoms with Crippen LogP contribution < -0.4 is 10.1 Å². The molecule has 1 aliphatic rings. The number of nitrogens with one attached hydrogen (secondary N) is 1. The summed E-state index contributed by atoms with van der Waals surface area (Å²) in [5.74, 6) is 0.248. The molecule has 0 atom stereocenters. The Morgan fingerprint density at radius 3 is 2.86 bits per heavy atom. The first-order valence-electron chi connectivity index (χ1n) is 6.75. The zero-order valence-electron chi connectivity index (χ0n) is 11.6. The van der Waals surface area contributed by atoms with Crippen LogP contribution in [0.5, 0.6) is 5.75 Å². The summed E-state index contributed by atoms with van der Waals surface area (Å²) in [4.78, 5) is 17.2. The summed E-state index contributed by atoms with van der Waals surface area (Å²) in [5, 5.41) is 13.5. The molecule has 110 valence electrons. The molecular weight excluding hydrogens is 288 g/mol. The first-order valence-corrected chi connectivity index (χ1v) is 7.57. The van der Waals surface area contributed by atoms with E-state index in [-0.39, 0.29) is 5.91 Å². The van der Waals surface area contributed by atoms with Crippen molar-refractivity contribution in [1.29, 1.82) is 0 Å². The monoisotopic (exact) mass is 304 g/mol. The van der Waals surface area contributed by atoms with Crippen molar-refractivity contribution >= 4 is 22.4 Å². The smallest absolute Gasteiger partial charge is 0.261 e. The molecule has 5 nitrogen and oxygen atoms in total. The summed E-state index contributed by atoms with van der Waals surface area (Å²) in [7, 11) is 1.53. The molecule has 0 saturated heterocycles. The van der Waals surface area contributed by atoms with Crippen molar-refractivity contribution in [3.05, 3.63) is 40.9 Å². The van der Waals surface area contributed by atoms with Crippen molar-refractivity contribution < 1.29 is 14.6 Å². The van der Waals surface area contributed by atoms with Crippen LogP contribution in [0, 0.1) is 0 Å². The maximum absolute atomic E-state index is 12.2. The van der Waals surface area contributed by atoms with Crippen LogP contribution in [0.2, 0.25) is 0 Å². The summed E-state index contributed by atoms with van der Waals surface area (Å²) >= 11 is 1.32. The van der Waals surface area contributed by atoms with Crippen molar-refractivity contribution in [2.45, 2.75) is 24.9 Å². The summed E-state index contributed by atoms with van der Waals surface area (Å²) in [5.41, 5.74) is -0.287. The highest BCUT2D eigenvalue weighted by atomic mass is 32.1. The normalized spacial score (nSPS) is 16.1. The molecule has 1 aromatic carbocycles. The van der Waals surface area contributed by atoms with Gasteiger partial charge in [-0.05, 0) is 31.4 Å². The van der Waals surface area contributed by atoms with Gasteiger partial charge < -0.3 is 9.84 Å². The van der Waals surface area contributed by atoms with Crippen LogP contribution in [0.25, 0.3) is 0 Å². The van der Waals surface area contributed by atoms with Crippen LogP contribution in [0.3, 0.4) is 0 Å². The van der Waals surface area contributed by atoms with Gasteiger partial charge in [-0.2, -0.15) is 0 Å². The van der Waals surface area contributed by atoms with E-state index in [2.05, 4.69) is 10.3 Å². The number of thiazole rings is 1. The molecule has 0 unspecified atom stereocenters. The number of rotatable bonds is 4. The first-order chi connectivity index (χ1) is 10.1. The Morgan fingerprint density at radius 2 is 2.19 bits per heavy atom. The SMILES string of the molecule is COc1ccccc1C(=O)Nc1ncc(C2(O)CCC2)s1. The van der Waals surface area contributed by atoms with Crippen molar-refractivity contribution in [3.8, 4) is 5.75 Å². The van der Waals surface area contributed by atoms with Gasteiger partial charge in [0, 0.05) is 6.20 Å². The summed E-state index contributed by atoms with van der Waals surface area (Å²) in [6, 6.07) is 7.02. The molecule has 1 saturated carbocycles. The Morgan fingerprint density at radius 1 is 1.43 bits per heavy atom. The fourth-order valence-electron chi connectivity index (χ4n) is 2.30. The number of benzene rings is 1. The van der Waals surface area contributed by atoms with Crippen LogP contribution in [0.1, 0.15) is 34.5 Å². The standard InChI is InChI=1S/C15H16N2O3S/c1-20-11-6-3-2-5-10(11)13(18)17-14-16-9-12(21-14)15(19)7-4-8-15/h2-3,5-6,9,19H,4,7-8H2,1H3,(H,16,17,18). The third kappa shape index (κ3) is 2.64. The molecule has 1 fully saturated rings. The molecule has 0 aliphatic heterocycles. The number of nitrogens with zero attached hydrogens (tertiary/aromatic N) is 1. The second kappa shape index (κ2) is 5.46. The molecule has 3 rings (SSSR count). The van der Waals surface area contributed by atoms with Crippen LogP contribution in [0.4, 0.5) is 5.13 Å². The van der Waals surface area contributed by atoms with E-state index in [0.717, 1.165) is 24.1 Å². The Labute approximate surface area is 126 Å². The minimum Gasteiger partial charge on any atom is -0.496 e. The largest absolute Gasteiger partial charge is 0.496 e. The number of aromatic nitrogens is 1. The van der Waals surface area contributed by atoms with Gasteiger partial charge in [0.1, 0.15) is 11.4 Å². The number of anilines is 1. The lowest BCUT2D eigenvalue weighted by Crippen LogP contribution is -2.32. The quantitative estimate of drug-likeness (QED) is 0.911. The highest BCUT2D eigenvalue weighted by Gasteiger charge is 2.38. The number of methoxy groups -OCH3 is 1. The highest BCUT2D eigenvalue weighted by Crippen LogP contribution is 2.44. The molecule has 0 radical (unpaired) electrons. The zero-order chi connectivity index (χ0) is 14.9. The Balaban J connectivity index is 1.76. The molecule has 0 spiro atoms. The summed E-state index contributed by atoms with van der Waals surface area (Å²) in [6.07, 6.45) is 4.18. The average Bonchev–Trinajstić information content (AvgIpc) is 2.93. The Kier molecular flexibility index (Phi) is 3.65. The van der Waals surface area contributed by atoms with Gasteiger partial charge in [-0.1, -0.05) is 23.5 Å². The molecule has 2 N–H and O–H groups in total. The lowest BCUT2D eigenvalue weighted by atomic mass is 9.79. The van der Waals surface area contributed by atoms with Gasteiger partial charge in [-0.3, -0.25) is 10.1 Å². The molecule has 0 bridgehead atoms. The Hall–Kier alpha value is -1.92. The summed E-state index contributed by atoms with van der Waals surface area (Å²) in [6.45, 7) is 0. The topological polar surface area (TPSA) is 71.5 Å². The van der Waals surface area contributed by atoms with Gasteiger partial charge >= 0.3 is 0 Å². The van der Waals surface area contributed by atoms with Crippen molar-refractivity contribution in [2.24, 2.45) is 0 Å².